The van der Waals surface area contributed by atoms with Gasteiger partial charge in [-0.2, -0.15) is 0 Å². The smallest absolute Gasteiger partial charge is 0.184 e. The fourth-order valence-corrected chi connectivity index (χ4v) is 2.10. The van der Waals surface area contributed by atoms with E-state index in [1.165, 1.54) is 10.9 Å². The molecule has 3 N–H and O–H groups in total. The van der Waals surface area contributed by atoms with Gasteiger partial charge >= 0.3 is 0 Å². The van der Waals surface area contributed by atoms with Crippen molar-refractivity contribution in [1.29, 1.82) is 0 Å². The Morgan fingerprint density at radius 1 is 1.29 bits per heavy atom. The van der Waals surface area contributed by atoms with Crippen LogP contribution in [0, 0.1) is 0 Å². The minimum atomic E-state index is 0.695. The Balaban J connectivity index is 2.56. The first-order chi connectivity index (χ1) is 8.31. The molecule has 0 aliphatic heterocycles. The summed E-state index contributed by atoms with van der Waals surface area (Å²) in [5.74, 6) is 1.51. The normalized spacial score (nSPS) is 10.8. The highest BCUT2D eigenvalue weighted by molar-refractivity contribution is 5.90. The number of hydrogen-bond acceptors (Lipinski definition) is 3. The fourth-order valence-electron chi connectivity index (χ4n) is 2.10. The third-order valence-electron chi connectivity index (χ3n) is 2.92. The predicted octanol–water partition coefficient (Wildman–Crippen LogP) is 2.08. The Hall–Kier alpha value is -1.68. The molecule has 1 aromatic heterocycles. The predicted molar refractivity (Wildman–Crippen MR) is 68.8 cm³/mol. The zero-order valence-corrected chi connectivity index (χ0v) is 10.2. The van der Waals surface area contributed by atoms with Gasteiger partial charge in [0.1, 0.15) is 0 Å². The number of fused-ring (bicyclic) bond motifs is 1. The number of ether oxygens (including phenoxy) is 2. The maximum Gasteiger partial charge on any atom is 0.184 e. The van der Waals surface area contributed by atoms with E-state index in [0.717, 1.165) is 29.9 Å². The first-order valence-electron chi connectivity index (χ1n) is 5.72. The van der Waals surface area contributed by atoms with Crippen LogP contribution in [-0.2, 0) is 6.42 Å². The molecule has 17 heavy (non-hydrogen) atoms. The van der Waals surface area contributed by atoms with E-state index in [9.17, 15) is 0 Å². The van der Waals surface area contributed by atoms with Crippen molar-refractivity contribution in [3.05, 3.63) is 23.9 Å². The number of nitrogens with two attached hydrogens (primary N) is 1. The van der Waals surface area contributed by atoms with Crippen LogP contribution in [0.15, 0.2) is 18.3 Å². The number of aromatic amines is 1. The molecule has 0 fully saturated rings. The van der Waals surface area contributed by atoms with Crippen LogP contribution < -0.4 is 15.2 Å². The van der Waals surface area contributed by atoms with Crippen LogP contribution in [0.5, 0.6) is 11.5 Å². The average molecular weight is 234 g/mol. The Morgan fingerprint density at radius 2 is 2.12 bits per heavy atom. The van der Waals surface area contributed by atoms with Gasteiger partial charge in [-0.25, -0.2) is 0 Å². The van der Waals surface area contributed by atoms with Crippen molar-refractivity contribution in [1.82, 2.24) is 4.98 Å². The van der Waals surface area contributed by atoms with Gasteiger partial charge in [-0.05, 0) is 37.1 Å². The Kier molecular flexibility index (Phi) is 3.54. The number of methoxy groups -OCH3 is 2. The monoisotopic (exact) mass is 234 g/mol. The van der Waals surface area contributed by atoms with E-state index in [1.54, 1.807) is 14.2 Å². The summed E-state index contributed by atoms with van der Waals surface area (Å²) < 4.78 is 10.7. The topological polar surface area (TPSA) is 60.3 Å². The molecule has 0 radical (unpaired) electrons. The summed E-state index contributed by atoms with van der Waals surface area (Å²) in [5.41, 5.74) is 7.78. The number of nitrogens with one attached hydrogen (secondary N) is 1. The third-order valence-corrected chi connectivity index (χ3v) is 2.92. The molecule has 1 heterocycles. The lowest BCUT2D eigenvalue weighted by atomic mass is 10.0. The molecule has 2 rings (SSSR count). The van der Waals surface area contributed by atoms with Crippen LogP contribution in [0.3, 0.4) is 0 Å². The molecule has 0 spiro atoms. The summed E-state index contributed by atoms with van der Waals surface area (Å²) in [6, 6.07) is 4.09. The molecule has 0 atom stereocenters. The molecule has 0 bridgehead atoms. The number of hydrogen-bond donors (Lipinski definition) is 2. The van der Waals surface area contributed by atoms with Crippen LogP contribution in [0.25, 0.3) is 10.9 Å². The van der Waals surface area contributed by atoms with E-state index in [0.29, 0.717) is 6.54 Å². The standard InChI is InChI=1S/C13H18N2O2/c1-16-11-8-9(4-3-6-14)10-5-7-15-12(10)13(11)17-2/h5,7-8,15H,3-4,6,14H2,1-2H3. The van der Waals surface area contributed by atoms with Gasteiger partial charge in [-0.3, -0.25) is 0 Å². The number of rotatable bonds is 5. The quantitative estimate of drug-likeness (QED) is 0.832. The van der Waals surface area contributed by atoms with E-state index in [4.69, 9.17) is 15.2 Å². The Morgan fingerprint density at radius 3 is 2.76 bits per heavy atom. The summed E-state index contributed by atoms with van der Waals surface area (Å²) in [7, 11) is 3.30. The minimum Gasteiger partial charge on any atom is -0.493 e. The molecule has 4 heteroatoms. The zero-order valence-electron chi connectivity index (χ0n) is 10.2. The number of aromatic nitrogens is 1. The van der Waals surface area contributed by atoms with Gasteiger partial charge < -0.3 is 20.2 Å². The second kappa shape index (κ2) is 5.10. The molecule has 4 nitrogen and oxygen atoms in total. The second-order valence-corrected chi connectivity index (χ2v) is 3.93. The van der Waals surface area contributed by atoms with Crippen LogP contribution in [0.1, 0.15) is 12.0 Å². The van der Waals surface area contributed by atoms with Gasteiger partial charge in [0.25, 0.3) is 0 Å². The lowest BCUT2D eigenvalue weighted by molar-refractivity contribution is 0.357. The van der Waals surface area contributed by atoms with Crippen LogP contribution in [0.4, 0.5) is 0 Å². The second-order valence-electron chi connectivity index (χ2n) is 3.93. The van der Waals surface area contributed by atoms with E-state index in [2.05, 4.69) is 11.1 Å². The summed E-state index contributed by atoms with van der Waals surface area (Å²) in [5, 5.41) is 1.18. The molecule has 2 aromatic rings. The van der Waals surface area contributed by atoms with Gasteiger partial charge in [0, 0.05) is 11.6 Å². The molecule has 1 aromatic carbocycles. The zero-order chi connectivity index (χ0) is 12.3. The SMILES string of the molecule is COc1cc(CCCN)c2cc[nH]c2c1OC. The van der Waals surface area contributed by atoms with Crippen molar-refractivity contribution in [2.24, 2.45) is 5.73 Å². The van der Waals surface area contributed by atoms with Crippen molar-refractivity contribution in [2.45, 2.75) is 12.8 Å². The minimum absolute atomic E-state index is 0.695. The molecular formula is C13H18N2O2. The third kappa shape index (κ3) is 2.08. The molecular weight excluding hydrogens is 216 g/mol. The molecule has 0 saturated carbocycles. The lowest BCUT2D eigenvalue weighted by Gasteiger charge is -2.12. The van der Waals surface area contributed by atoms with E-state index in [-0.39, 0.29) is 0 Å². The molecule has 0 unspecified atom stereocenters. The molecule has 0 aliphatic rings. The van der Waals surface area contributed by atoms with E-state index < -0.39 is 0 Å². The van der Waals surface area contributed by atoms with Gasteiger partial charge in [0.05, 0.1) is 19.7 Å². The van der Waals surface area contributed by atoms with Crippen LogP contribution in [-0.4, -0.2) is 25.7 Å². The lowest BCUT2D eigenvalue weighted by Crippen LogP contribution is -2.01. The molecule has 0 aliphatic carbocycles. The van der Waals surface area contributed by atoms with Gasteiger partial charge in [-0.15, -0.1) is 0 Å². The molecule has 92 valence electrons. The fraction of sp³-hybridized carbons (Fsp3) is 0.385. The first-order valence-corrected chi connectivity index (χ1v) is 5.72. The van der Waals surface area contributed by atoms with Gasteiger partial charge in [0.2, 0.25) is 0 Å². The largest absolute Gasteiger partial charge is 0.493 e. The highest BCUT2D eigenvalue weighted by atomic mass is 16.5. The van der Waals surface area contributed by atoms with E-state index >= 15 is 0 Å². The summed E-state index contributed by atoms with van der Waals surface area (Å²) in [4.78, 5) is 3.19. The molecule has 0 amide bonds. The van der Waals surface area contributed by atoms with Gasteiger partial charge in [-0.1, -0.05) is 0 Å². The van der Waals surface area contributed by atoms with Crippen molar-refractivity contribution in [3.8, 4) is 11.5 Å². The van der Waals surface area contributed by atoms with Crippen molar-refractivity contribution >= 4 is 10.9 Å². The van der Waals surface area contributed by atoms with Crippen molar-refractivity contribution < 1.29 is 9.47 Å². The summed E-state index contributed by atoms with van der Waals surface area (Å²) >= 11 is 0. The number of aryl methyl sites for hydroxylation is 1. The van der Waals surface area contributed by atoms with Crippen LogP contribution in [0.2, 0.25) is 0 Å². The average Bonchev–Trinajstić information content (AvgIpc) is 2.84. The highest BCUT2D eigenvalue weighted by Gasteiger charge is 2.13. The van der Waals surface area contributed by atoms with Crippen molar-refractivity contribution in [2.75, 3.05) is 20.8 Å². The Labute approximate surface area is 101 Å². The van der Waals surface area contributed by atoms with Crippen molar-refractivity contribution in [3.63, 3.8) is 0 Å². The number of benzene rings is 1. The van der Waals surface area contributed by atoms with Crippen LogP contribution >= 0.6 is 0 Å². The maximum absolute atomic E-state index is 5.56. The highest BCUT2D eigenvalue weighted by Crippen LogP contribution is 2.37. The van der Waals surface area contributed by atoms with E-state index in [1.807, 2.05) is 12.3 Å². The summed E-state index contributed by atoms with van der Waals surface area (Å²) in [6.07, 6.45) is 3.83. The first kappa shape index (κ1) is 11.8. The number of H-pyrrole nitrogens is 1. The Bertz CT molecular complexity index is 505. The maximum atomic E-state index is 5.56. The molecule has 0 saturated heterocycles. The summed E-state index contributed by atoms with van der Waals surface area (Å²) in [6.45, 7) is 0.695. The van der Waals surface area contributed by atoms with Gasteiger partial charge in [0.15, 0.2) is 11.5 Å².